The van der Waals surface area contributed by atoms with Crippen LogP contribution in [0, 0.1) is 0 Å². The second kappa shape index (κ2) is 10.9. The molecule has 0 atom stereocenters. The minimum absolute atomic E-state index is 1.15. The monoisotopic (exact) mass is 645 g/mol. The van der Waals surface area contributed by atoms with Gasteiger partial charge in [0, 0.05) is 22.0 Å². The Morgan fingerprint density at radius 1 is 0.294 bits per heavy atom. The van der Waals surface area contributed by atoms with Crippen LogP contribution in [0.2, 0.25) is 0 Å². The molecule has 0 saturated heterocycles. The summed E-state index contributed by atoms with van der Waals surface area (Å²) in [6.45, 7) is 0. The summed E-state index contributed by atoms with van der Waals surface area (Å²) in [6.07, 6.45) is 0. The maximum atomic E-state index is 2.49. The van der Waals surface area contributed by atoms with Crippen molar-refractivity contribution in [2.75, 3.05) is 0 Å². The number of aromatic nitrogens is 1. The molecule has 1 heteroatoms. The third-order valence-corrected chi connectivity index (χ3v) is 10.9. The molecule has 0 spiro atoms. The molecule has 0 aliphatic rings. The molecule has 11 aromatic rings. The Hall–Kier alpha value is -6.70. The van der Waals surface area contributed by atoms with Gasteiger partial charge < -0.3 is 4.57 Å². The van der Waals surface area contributed by atoms with Crippen LogP contribution in [0.4, 0.5) is 0 Å². The van der Waals surface area contributed by atoms with E-state index in [1.807, 2.05) is 0 Å². The summed E-state index contributed by atoms with van der Waals surface area (Å²) in [5.74, 6) is 0. The van der Waals surface area contributed by atoms with Gasteiger partial charge in [-0.15, -0.1) is 0 Å². The largest absolute Gasteiger partial charge is 0.309 e. The van der Waals surface area contributed by atoms with E-state index in [2.05, 4.69) is 193 Å². The molecular formula is C50H31N. The van der Waals surface area contributed by atoms with Crippen molar-refractivity contribution in [1.29, 1.82) is 0 Å². The number of rotatable bonds is 3. The van der Waals surface area contributed by atoms with Crippen molar-refractivity contribution in [2.24, 2.45) is 0 Å². The molecule has 11 rings (SSSR count). The van der Waals surface area contributed by atoms with Gasteiger partial charge in [0.15, 0.2) is 0 Å². The van der Waals surface area contributed by atoms with Crippen molar-refractivity contribution in [3.05, 3.63) is 188 Å². The lowest BCUT2D eigenvalue weighted by molar-refractivity contribution is 1.18. The maximum absolute atomic E-state index is 2.49. The van der Waals surface area contributed by atoms with E-state index in [0.29, 0.717) is 0 Å². The first kappa shape index (κ1) is 28.2. The highest BCUT2D eigenvalue weighted by atomic mass is 15.0. The number of fused-ring (bicyclic) bond motifs is 11. The summed E-state index contributed by atoms with van der Waals surface area (Å²) in [4.78, 5) is 0. The Labute approximate surface area is 295 Å². The molecule has 1 heterocycles. The first-order chi connectivity index (χ1) is 25.3. The Morgan fingerprint density at radius 3 is 1.55 bits per heavy atom. The van der Waals surface area contributed by atoms with Crippen LogP contribution in [0.1, 0.15) is 0 Å². The van der Waals surface area contributed by atoms with Gasteiger partial charge in [-0.2, -0.15) is 0 Å². The zero-order valence-corrected chi connectivity index (χ0v) is 27.8. The molecule has 1 aromatic heterocycles. The van der Waals surface area contributed by atoms with Gasteiger partial charge in [-0.1, -0.05) is 158 Å². The zero-order valence-electron chi connectivity index (χ0n) is 27.8. The summed E-state index contributed by atoms with van der Waals surface area (Å²) >= 11 is 0. The zero-order chi connectivity index (χ0) is 33.5. The van der Waals surface area contributed by atoms with Crippen molar-refractivity contribution < 1.29 is 0 Å². The highest BCUT2D eigenvalue weighted by Crippen LogP contribution is 2.45. The van der Waals surface area contributed by atoms with Crippen molar-refractivity contribution in [1.82, 2.24) is 4.57 Å². The van der Waals surface area contributed by atoms with E-state index >= 15 is 0 Å². The van der Waals surface area contributed by atoms with E-state index in [1.54, 1.807) is 0 Å². The Bertz CT molecular complexity index is 3140. The van der Waals surface area contributed by atoms with E-state index in [0.717, 1.165) is 5.69 Å². The lowest BCUT2D eigenvalue weighted by Crippen LogP contribution is -1.96. The van der Waals surface area contributed by atoms with Crippen molar-refractivity contribution in [3.63, 3.8) is 0 Å². The Morgan fingerprint density at radius 2 is 0.824 bits per heavy atom. The number of para-hydroxylation sites is 1. The van der Waals surface area contributed by atoms with E-state index in [1.165, 1.54) is 97.9 Å². The Kier molecular flexibility index (Phi) is 6.02. The highest BCUT2D eigenvalue weighted by Gasteiger charge is 2.20. The SMILES string of the molecule is c1ccc2c(-c3ccc(-n4c5ccccc5c5cc6ccccc6c(-c6ccc7c8ccccc8c8ccccc8c7c6)c54)cc3)cccc2c1. The molecule has 0 radical (unpaired) electrons. The van der Waals surface area contributed by atoms with Crippen LogP contribution in [0.3, 0.4) is 0 Å². The van der Waals surface area contributed by atoms with Crippen molar-refractivity contribution >= 4 is 75.7 Å². The minimum atomic E-state index is 1.15. The summed E-state index contributed by atoms with van der Waals surface area (Å²) in [7, 11) is 0. The van der Waals surface area contributed by atoms with Crippen LogP contribution in [-0.4, -0.2) is 4.57 Å². The second-order valence-corrected chi connectivity index (χ2v) is 13.6. The lowest BCUT2D eigenvalue weighted by atomic mass is 9.90. The fraction of sp³-hybridized carbons (Fsp3) is 0. The van der Waals surface area contributed by atoms with Gasteiger partial charge in [0.25, 0.3) is 0 Å². The smallest absolute Gasteiger partial charge is 0.0625 e. The highest BCUT2D eigenvalue weighted by molar-refractivity contribution is 6.27. The third kappa shape index (κ3) is 4.16. The molecule has 0 aliphatic carbocycles. The van der Waals surface area contributed by atoms with Gasteiger partial charge in [0.2, 0.25) is 0 Å². The van der Waals surface area contributed by atoms with Gasteiger partial charge in [0.05, 0.1) is 11.0 Å². The average molecular weight is 646 g/mol. The number of hydrogen-bond acceptors (Lipinski definition) is 0. The van der Waals surface area contributed by atoms with Crippen LogP contribution < -0.4 is 0 Å². The predicted molar refractivity (Wildman–Crippen MR) is 219 cm³/mol. The molecule has 1 nitrogen and oxygen atoms in total. The van der Waals surface area contributed by atoms with Crippen LogP contribution in [-0.2, 0) is 0 Å². The van der Waals surface area contributed by atoms with Crippen LogP contribution in [0.15, 0.2) is 188 Å². The summed E-state index contributed by atoms with van der Waals surface area (Å²) < 4.78 is 2.49. The van der Waals surface area contributed by atoms with Gasteiger partial charge in [-0.05, 0) is 101 Å². The van der Waals surface area contributed by atoms with Crippen LogP contribution in [0.5, 0.6) is 0 Å². The van der Waals surface area contributed by atoms with E-state index in [4.69, 9.17) is 0 Å². The van der Waals surface area contributed by atoms with Gasteiger partial charge >= 0.3 is 0 Å². The molecule has 0 aliphatic heterocycles. The normalized spacial score (nSPS) is 11.9. The molecule has 236 valence electrons. The lowest BCUT2D eigenvalue weighted by Gasteiger charge is -2.17. The molecule has 0 amide bonds. The Balaban J connectivity index is 1.22. The molecule has 51 heavy (non-hydrogen) atoms. The quantitative estimate of drug-likeness (QED) is 0.169. The molecule has 0 saturated carbocycles. The van der Waals surface area contributed by atoms with Gasteiger partial charge in [-0.3, -0.25) is 0 Å². The molecule has 10 aromatic carbocycles. The second-order valence-electron chi connectivity index (χ2n) is 13.6. The van der Waals surface area contributed by atoms with Crippen molar-refractivity contribution in [3.8, 4) is 27.9 Å². The maximum Gasteiger partial charge on any atom is 0.0625 e. The van der Waals surface area contributed by atoms with Crippen LogP contribution in [0.25, 0.3) is 104 Å². The molecule has 0 N–H and O–H groups in total. The fourth-order valence-corrected chi connectivity index (χ4v) is 8.68. The molecule has 0 fully saturated rings. The van der Waals surface area contributed by atoms with Crippen molar-refractivity contribution in [2.45, 2.75) is 0 Å². The number of nitrogens with zero attached hydrogens (tertiary/aromatic N) is 1. The topological polar surface area (TPSA) is 4.93 Å². The van der Waals surface area contributed by atoms with E-state index in [9.17, 15) is 0 Å². The fourth-order valence-electron chi connectivity index (χ4n) is 8.68. The minimum Gasteiger partial charge on any atom is -0.309 e. The summed E-state index contributed by atoms with van der Waals surface area (Å²) in [5.41, 5.74) is 8.55. The standard InChI is InChI=1S/C50H31N/c1-3-15-37-32(12-1)14-11-22-38(37)33-24-27-36(28-25-33)51-48-23-10-9-21-45(48)47-30-34-13-2-4-16-39(34)49(50(47)51)35-26-29-44-42-19-6-5-17-40(42)41-18-7-8-20-43(41)46(44)31-35/h1-31H. The third-order valence-electron chi connectivity index (χ3n) is 10.9. The van der Waals surface area contributed by atoms with E-state index in [-0.39, 0.29) is 0 Å². The summed E-state index contributed by atoms with van der Waals surface area (Å²) in [6, 6.07) is 69.3. The van der Waals surface area contributed by atoms with E-state index < -0.39 is 0 Å². The molecule has 0 bridgehead atoms. The van der Waals surface area contributed by atoms with Gasteiger partial charge in [0.1, 0.15) is 0 Å². The predicted octanol–water partition coefficient (Wildman–Crippen LogP) is 13.9. The molecule has 0 unspecified atom stereocenters. The first-order valence-electron chi connectivity index (χ1n) is 17.7. The number of benzene rings is 10. The first-order valence-corrected chi connectivity index (χ1v) is 17.7. The molecular weight excluding hydrogens is 615 g/mol. The number of hydrogen-bond donors (Lipinski definition) is 0. The van der Waals surface area contributed by atoms with Gasteiger partial charge in [-0.25, -0.2) is 0 Å². The summed E-state index contributed by atoms with van der Waals surface area (Å²) in [5, 5.41) is 15.3. The van der Waals surface area contributed by atoms with Crippen LogP contribution >= 0.6 is 0 Å². The average Bonchev–Trinajstić information content (AvgIpc) is 3.53.